The van der Waals surface area contributed by atoms with E-state index in [4.69, 9.17) is 10.2 Å². The highest BCUT2D eigenvalue weighted by molar-refractivity contribution is 5.94. The lowest BCUT2D eigenvalue weighted by Gasteiger charge is -2.29. The van der Waals surface area contributed by atoms with Crippen LogP contribution >= 0.6 is 0 Å². The minimum atomic E-state index is -3.46. The summed E-state index contributed by atoms with van der Waals surface area (Å²) in [7, 11) is 0. The first-order chi connectivity index (χ1) is 6.81. The average Bonchev–Trinajstić information content (AvgIpc) is 2.13. The molecule has 0 aromatic heterocycles. The van der Waals surface area contributed by atoms with Gasteiger partial charge in [0.25, 0.3) is 0 Å². The quantitative estimate of drug-likeness (QED) is 0.531. The zero-order valence-corrected chi connectivity index (χ0v) is 7.57. The molecule has 0 aromatic carbocycles. The highest BCUT2D eigenvalue weighted by atomic mass is 19.2. The van der Waals surface area contributed by atoms with Crippen LogP contribution in [0.1, 0.15) is 6.92 Å². The summed E-state index contributed by atoms with van der Waals surface area (Å²) in [5.41, 5.74) is -1.29. The molecule has 2 N–H and O–H groups in total. The van der Waals surface area contributed by atoms with Crippen molar-refractivity contribution in [2.24, 2.45) is 0 Å². The number of carboxylic acids is 2. The average molecular weight is 219 g/mol. The molecule has 1 unspecified atom stereocenters. The fourth-order valence-electron chi connectivity index (χ4n) is 1.19. The third kappa shape index (κ3) is 1.45. The lowest BCUT2D eigenvalue weighted by molar-refractivity contribution is -0.175. The van der Waals surface area contributed by atoms with Gasteiger partial charge in [-0.3, -0.25) is 0 Å². The van der Waals surface area contributed by atoms with Gasteiger partial charge in [-0.15, -0.1) is 0 Å². The molecule has 1 aliphatic heterocycles. The van der Waals surface area contributed by atoms with Crippen molar-refractivity contribution < 1.29 is 28.7 Å². The Bertz CT molecular complexity index is 390. The summed E-state index contributed by atoms with van der Waals surface area (Å²) in [4.78, 5) is 21.1. The van der Waals surface area contributed by atoms with Crippen LogP contribution in [0.3, 0.4) is 0 Å². The van der Waals surface area contributed by atoms with Crippen molar-refractivity contribution in [2.45, 2.75) is 12.7 Å². The van der Waals surface area contributed by atoms with Gasteiger partial charge in [-0.2, -0.15) is 9.51 Å². The second-order valence-corrected chi connectivity index (χ2v) is 2.90. The van der Waals surface area contributed by atoms with E-state index in [1.165, 1.54) is 0 Å². The zero-order chi connectivity index (χ0) is 11.8. The lowest BCUT2D eigenvalue weighted by atomic mass is 9.97. The first-order valence-corrected chi connectivity index (χ1v) is 3.82. The largest absolute Gasteiger partial charge is 0.478 e. The van der Waals surface area contributed by atoms with Crippen LogP contribution in [-0.4, -0.2) is 33.1 Å². The van der Waals surface area contributed by atoms with Crippen LogP contribution in [0.15, 0.2) is 23.4 Å². The van der Waals surface area contributed by atoms with E-state index in [0.717, 1.165) is 13.0 Å². The fraction of sp³-hybridized carbons (Fsp3) is 0.250. The van der Waals surface area contributed by atoms with E-state index < -0.39 is 34.0 Å². The summed E-state index contributed by atoms with van der Waals surface area (Å²) in [6.45, 7) is 0.910. The van der Waals surface area contributed by atoms with Gasteiger partial charge in [-0.05, 0) is 13.0 Å². The van der Waals surface area contributed by atoms with Gasteiger partial charge in [0.1, 0.15) is 0 Å². The summed E-state index contributed by atoms with van der Waals surface area (Å²) in [6.07, 6.45) is 1.21. The van der Waals surface area contributed by atoms with E-state index >= 15 is 0 Å². The summed E-state index contributed by atoms with van der Waals surface area (Å²) >= 11 is 0. The maximum atomic E-state index is 13.7. The van der Waals surface area contributed by atoms with Gasteiger partial charge < -0.3 is 10.2 Å². The topological polar surface area (TPSA) is 77.8 Å². The number of carbonyl (C=O) groups is 2. The molecule has 0 amide bonds. The Hall–Kier alpha value is -1.92. The first kappa shape index (κ1) is 11.2. The van der Waals surface area contributed by atoms with Crippen molar-refractivity contribution in [3.8, 4) is 0 Å². The summed E-state index contributed by atoms with van der Waals surface area (Å²) < 4.78 is 26.6. The van der Waals surface area contributed by atoms with Crippen LogP contribution in [0.25, 0.3) is 0 Å². The summed E-state index contributed by atoms with van der Waals surface area (Å²) in [5.74, 6) is -7.08. The monoisotopic (exact) mass is 219 g/mol. The number of rotatable bonds is 2. The van der Waals surface area contributed by atoms with E-state index in [0.29, 0.717) is 6.20 Å². The maximum Gasteiger partial charge on any atom is 0.369 e. The minimum Gasteiger partial charge on any atom is -0.478 e. The molecule has 0 bridgehead atoms. The first-order valence-electron chi connectivity index (χ1n) is 3.82. The lowest BCUT2D eigenvalue weighted by Crippen LogP contribution is -2.48. The molecule has 7 heteroatoms. The highest BCUT2D eigenvalue weighted by Crippen LogP contribution is 2.34. The van der Waals surface area contributed by atoms with Crippen LogP contribution in [-0.2, 0) is 9.59 Å². The van der Waals surface area contributed by atoms with Gasteiger partial charge in [0.15, 0.2) is 0 Å². The predicted octanol–water partition coefficient (Wildman–Crippen LogP) is 0.852. The van der Waals surface area contributed by atoms with Crippen LogP contribution in [0.4, 0.5) is 8.87 Å². The Labute approximate surface area is 82.8 Å². The number of carboxylic acid groups (broad SMARTS) is 2. The van der Waals surface area contributed by atoms with E-state index in [1.807, 2.05) is 0 Å². The van der Waals surface area contributed by atoms with Gasteiger partial charge in [-0.1, -0.05) is 4.48 Å². The number of halogens is 2. The van der Waals surface area contributed by atoms with E-state index in [9.17, 15) is 18.5 Å². The minimum absolute atomic E-state index is 0.421. The molecule has 0 saturated carbocycles. The molecule has 0 fully saturated rings. The molecule has 1 aliphatic rings. The van der Waals surface area contributed by atoms with Gasteiger partial charge in [0, 0.05) is 11.8 Å². The molecule has 0 aromatic rings. The highest BCUT2D eigenvalue weighted by Gasteiger charge is 2.50. The maximum absolute atomic E-state index is 13.7. The molecular weight excluding hydrogens is 212 g/mol. The molecule has 82 valence electrons. The second kappa shape index (κ2) is 3.34. The second-order valence-electron chi connectivity index (χ2n) is 2.90. The van der Waals surface area contributed by atoms with Crippen molar-refractivity contribution in [3.63, 3.8) is 0 Å². The number of hydrogen-bond donors (Lipinski definition) is 2. The molecule has 15 heavy (non-hydrogen) atoms. The Kier molecular flexibility index (Phi) is 2.48. The molecule has 5 nitrogen and oxygen atoms in total. The van der Waals surface area contributed by atoms with E-state index in [2.05, 4.69) is 0 Å². The molecule has 1 heterocycles. The fourth-order valence-corrected chi connectivity index (χ4v) is 1.19. The molecular formula is C8H7F2NO4. The number of hydrogen-bond acceptors (Lipinski definition) is 3. The third-order valence-corrected chi connectivity index (χ3v) is 2.08. The Morgan fingerprint density at radius 2 is 2.00 bits per heavy atom. The third-order valence-electron chi connectivity index (χ3n) is 2.08. The van der Waals surface area contributed by atoms with E-state index in [1.54, 1.807) is 0 Å². The van der Waals surface area contributed by atoms with Gasteiger partial charge in [-0.25, -0.2) is 9.59 Å². The van der Waals surface area contributed by atoms with Crippen LogP contribution in [0.2, 0.25) is 0 Å². The Morgan fingerprint density at radius 1 is 1.47 bits per heavy atom. The molecule has 1 atom stereocenters. The van der Waals surface area contributed by atoms with Crippen LogP contribution < -0.4 is 0 Å². The summed E-state index contributed by atoms with van der Waals surface area (Å²) in [6, 6.07) is 0. The molecule has 0 radical (unpaired) electrons. The molecule has 0 aliphatic carbocycles. The Morgan fingerprint density at radius 3 is 2.40 bits per heavy atom. The van der Waals surface area contributed by atoms with Gasteiger partial charge in [0.2, 0.25) is 0 Å². The smallest absolute Gasteiger partial charge is 0.369 e. The van der Waals surface area contributed by atoms with Crippen molar-refractivity contribution in [2.75, 3.05) is 0 Å². The van der Waals surface area contributed by atoms with Gasteiger partial charge in [0.05, 0.1) is 5.57 Å². The van der Waals surface area contributed by atoms with Crippen molar-refractivity contribution in [3.05, 3.63) is 23.4 Å². The van der Waals surface area contributed by atoms with Crippen molar-refractivity contribution in [1.82, 2.24) is 5.12 Å². The van der Waals surface area contributed by atoms with E-state index in [-0.39, 0.29) is 0 Å². The number of alkyl halides is 1. The Balaban J connectivity index is 3.35. The van der Waals surface area contributed by atoms with Crippen molar-refractivity contribution in [1.29, 1.82) is 0 Å². The van der Waals surface area contributed by atoms with Crippen LogP contribution in [0.5, 0.6) is 0 Å². The zero-order valence-electron chi connectivity index (χ0n) is 7.57. The summed E-state index contributed by atoms with van der Waals surface area (Å²) in [5, 5.41) is 16.4. The molecule has 0 spiro atoms. The van der Waals surface area contributed by atoms with Crippen molar-refractivity contribution >= 4 is 11.9 Å². The standard InChI is InChI=1S/C8H7F2NO4/c1-4-5(6(12)13)2-3-11(10)8(4,9)7(14)15/h2-3H,1H3,(H,12,13)(H,14,15). The predicted molar refractivity (Wildman–Crippen MR) is 43.9 cm³/mol. The normalized spacial score (nSPS) is 25.7. The SMILES string of the molecule is CC1=C(C(=O)O)C=CN(F)C1(F)C(=O)O. The van der Waals surface area contributed by atoms with Gasteiger partial charge >= 0.3 is 17.7 Å². The van der Waals surface area contributed by atoms with Crippen LogP contribution in [0, 0.1) is 0 Å². The number of nitrogens with zero attached hydrogens (tertiary/aromatic N) is 1. The molecule has 0 saturated heterocycles. The number of aliphatic carboxylic acids is 2. The molecule has 1 rings (SSSR count).